The second-order valence-electron chi connectivity index (χ2n) is 6.57. The maximum atomic E-state index is 9.87. The predicted octanol–water partition coefficient (Wildman–Crippen LogP) is 4.17. The lowest BCUT2D eigenvalue weighted by Gasteiger charge is -2.17. The molecule has 114 valence electrons. The minimum absolute atomic E-state index is 0.654. The molecule has 0 aliphatic heterocycles. The second-order valence-corrected chi connectivity index (χ2v) is 6.57. The summed E-state index contributed by atoms with van der Waals surface area (Å²) in [5.74, 6) is 0. The van der Waals surface area contributed by atoms with Crippen LogP contribution in [-0.2, 0) is 6.54 Å². The van der Waals surface area contributed by atoms with Gasteiger partial charge in [-0.1, -0.05) is 35.9 Å². The fraction of sp³-hybridized carbons (Fsp3) is 0.316. The molecule has 0 fully saturated rings. The summed E-state index contributed by atoms with van der Waals surface area (Å²) in [6, 6.07) is 14.9. The number of benzene rings is 2. The quantitative estimate of drug-likeness (QED) is 0.784. The minimum Gasteiger partial charge on any atom is -0.390 e. The summed E-state index contributed by atoms with van der Waals surface area (Å²) in [6.45, 7) is 6.53. The van der Waals surface area contributed by atoms with Crippen LogP contribution in [0.25, 0.3) is 22.2 Å². The Balaban J connectivity index is 1.90. The highest BCUT2D eigenvalue weighted by Gasteiger charge is 2.13. The third-order valence-electron chi connectivity index (χ3n) is 3.97. The Morgan fingerprint density at radius 3 is 2.41 bits per heavy atom. The lowest BCUT2D eigenvalue weighted by atomic mass is 10.0. The normalized spacial score (nSPS) is 12.0. The van der Waals surface area contributed by atoms with E-state index in [0.717, 1.165) is 17.6 Å². The molecule has 1 heterocycles. The molecule has 3 nitrogen and oxygen atoms in total. The van der Waals surface area contributed by atoms with Gasteiger partial charge in [-0.2, -0.15) is 0 Å². The zero-order valence-electron chi connectivity index (χ0n) is 13.4. The Labute approximate surface area is 131 Å². The van der Waals surface area contributed by atoms with Crippen molar-refractivity contribution in [3.05, 3.63) is 54.4 Å². The first-order valence-corrected chi connectivity index (χ1v) is 7.67. The van der Waals surface area contributed by atoms with Gasteiger partial charge in [0.1, 0.15) is 0 Å². The highest BCUT2D eigenvalue weighted by atomic mass is 16.3. The van der Waals surface area contributed by atoms with Crippen molar-refractivity contribution >= 4 is 11.0 Å². The number of imidazole rings is 1. The van der Waals surface area contributed by atoms with Gasteiger partial charge in [0, 0.05) is 6.54 Å². The highest BCUT2D eigenvalue weighted by molar-refractivity contribution is 5.82. The molecule has 0 saturated carbocycles. The second kappa shape index (κ2) is 5.58. The van der Waals surface area contributed by atoms with E-state index < -0.39 is 5.60 Å². The average molecular weight is 294 g/mol. The first-order chi connectivity index (χ1) is 10.4. The van der Waals surface area contributed by atoms with Crippen molar-refractivity contribution in [3.8, 4) is 11.1 Å². The van der Waals surface area contributed by atoms with E-state index in [-0.39, 0.29) is 0 Å². The van der Waals surface area contributed by atoms with Crippen molar-refractivity contribution in [2.45, 2.75) is 39.3 Å². The summed E-state index contributed by atoms with van der Waals surface area (Å²) in [5, 5.41) is 9.87. The molecule has 0 amide bonds. The van der Waals surface area contributed by atoms with E-state index in [2.05, 4.69) is 58.9 Å². The van der Waals surface area contributed by atoms with Gasteiger partial charge >= 0.3 is 0 Å². The number of hydrogen-bond donors (Lipinski definition) is 1. The summed E-state index contributed by atoms with van der Waals surface area (Å²) in [6.07, 6.45) is 2.56. The molecule has 0 aliphatic rings. The Morgan fingerprint density at radius 1 is 1.05 bits per heavy atom. The van der Waals surface area contributed by atoms with Gasteiger partial charge < -0.3 is 9.67 Å². The number of nitrogens with zero attached hydrogens (tertiary/aromatic N) is 2. The SMILES string of the molecule is Cc1ccc(-c2ccc3c(c2)ncn3CCC(C)(C)O)cc1. The smallest absolute Gasteiger partial charge is 0.0958 e. The number of fused-ring (bicyclic) bond motifs is 1. The number of hydrogen-bond acceptors (Lipinski definition) is 2. The summed E-state index contributed by atoms with van der Waals surface area (Å²) in [5.41, 5.74) is 5.10. The zero-order valence-corrected chi connectivity index (χ0v) is 13.4. The van der Waals surface area contributed by atoms with Crippen LogP contribution in [0.2, 0.25) is 0 Å². The van der Waals surface area contributed by atoms with Crippen LogP contribution in [0.15, 0.2) is 48.8 Å². The molecule has 0 radical (unpaired) electrons. The van der Waals surface area contributed by atoms with E-state index in [9.17, 15) is 5.11 Å². The van der Waals surface area contributed by atoms with Gasteiger partial charge in [-0.15, -0.1) is 0 Å². The van der Waals surface area contributed by atoms with Crippen LogP contribution in [0.4, 0.5) is 0 Å². The Bertz CT molecular complexity index is 779. The molecule has 1 aromatic heterocycles. The van der Waals surface area contributed by atoms with E-state index in [4.69, 9.17) is 0 Å². The number of aryl methyl sites for hydroxylation is 2. The number of rotatable bonds is 4. The fourth-order valence-corrected chi connectivity index (χ4v) is 2.56. The molecule has 0 bridgehead atoms. The van der Waals surface area contributed by atoms with Crippen LogP contribution in [0.1, 0.15) is 25.8 Å². The zero-order chi connectivity index (χ0) is 15.7. The monoisotopic (exact) mass is 294 g/mol. The predicted molar refractivity (Wildman–Crippen MR) is 90.8 cm³/mol. The fourth-order valence-electron chi connectivity index (χ4n) is 2.56. The van der Waals surface area contributed by atoms with Gasteiger partial charge in [0.05, 0.1) is 23.0 Å². The molecule has 22 heavy (non-hydrogen) atoms. The van der Waals surface area contributed by atoms with Gasteiger partial charge in [-0.25, -0.2) is 4.98 Å². The number of aromatic nitrogens is 2. The molecule has 2 aromatic carbocycles. The third kappa shape index (κ3) is 3.20. The van der Waals surface area contributed by atoms with Crippen molar-refractivity contribution in [1.82, 2.24) is 9.55 Å². The molecule has 0 spiro atoms. The molecule has 0 unspecified atom stereocenters. The van der Waals surface area contributed by atoms with E-state index in [0.29, 0.717) is 6.42 Å². The Kier molecular flexibility index (Phi) is 3.75. The first kappa shape index (κ1) is 14.8. The summed E-state index contributed by atoms with van der Waals surface area (Å²) in [4.78, 5) is 4.50. The first-order valence-electron chi connectivity index (χ1n) is 7.67. The van der Waals surface area contributed by atoms with Crippen molar-refractivity contribution in [3.63, 3.8) is 0 Å². The highest BCUT2D eigenvalue weighted by Crippen LogP contribution is 2.24. The topological polar surface area (TPSA) is 38.0 Å². The summed E-state index contributed by atoms with van der Waals surface area (Å²) < 4.78 is 2.10. The lowest BCUT2D eigenvalue weighted by molar-refractivity contribution is 0.0665. The molecule has 0 atom stereocenters. The molecule has 0 saturated heterocycles. The molecular formula is C19H22N2O. The molecule has 0 aliphatic carbocycles. The van der Waals surface area contributed by atoms with Crippen LogP contribution in [0, 0.1) is 6.92 Å². The summed E-state index contributed by atoms with van der Waals surface area (Å²) in [7, 11) is 0. The van der Waals surface area contributed by atoms with Gasteiger partial charge in [-0.3, -0.25) is 0 Å². The lowest BCUT2D eigenvalue weighted by Crippen LogP contribution is -2.20. The Hall–Kier alpha value is -2.13. The largest absolute Gasteiger partial charge is 0.390 e. The van der Waals surface area contributed by atoms with Crippen LogP contribution in [0.3, 0.4) is 0 Å². The van der Waals surface area contributed by atoms with E-state index in [1.165, 1.54) is 16.7 Å². The maximum absolute atomic E-state index is 9.87. The molecular weight excluding hydrogens is 272 g/mol. The average Bonchev–Trinajstić information content (AvgIpc) is 2.87. The van der Waals surface area contributed by atoms with E-state index in [1.54, 1.807) is 0 Å². The van der Waals surface area contributed by atoms with Gasteiger partial charge in [0.25, 0.3) is 0 Å². The van der Waals surface area contributed by atoms with Crippen molar-refractivity contribution in [1.29, 1.82) is 0 Å². The Morgan fingerprint density at radius 2 is 1.73 bits per heavy atom. The van der Waals surface area contributed by atoms with E-state index in [1.807, 2.05) is 20.2 Å². The molecule has 3 heteroatoms. The van der Waals surface area contributed by atoms with Crippen molar-refractivity contribution in [2.24, 2.45) is 0 Å². The summed E-state index contributed by atoms with van der Waals surface area (Å²) >= 11 is 0. The van der Waals surface area contributed by atoms with Gasteiger partial charge in [0.2, 0.25) is 0 Å². The standard InChI is InChI=1S/C19H22N2O/c1-14-4-6-15(7-5-14)16-8-9-18-17(12-16)20-13-21(18)11-10-19(2,3)22/h4-9,12-13,22H,10-11H2,1-3H3. The van der Waals surface area contributed by atoms with Gasteiger partial charge in [0.15, 0.2) is 0 Å². The van der Waals surface area contributed by atoms with Crippen LogP contribution in [-0.4, -0.2) is 20.3 Å². The van der Waals surface area contributed by atoms with Crippen LogP contribution >= 0.6 is 0 Å². The maximum Gasteiger partial charge on any atom is 0.0958 e. The third-order valence-corrected chi connectivity index (χ3v) is 3.97. The van der Waals surface area contributed by atoms with Crippen LogP contribution < -0.4 is 0 Å². The minimum atomic E-state index is -0.654. The van der Waals surface area contributed by atoms with Gasteiger partial charge in [-0.05, 0) is 50.5 Å². The molecule has 3 aromatic rings. The van der Waals surface area contributed by atoms with Crippen molar-refractivity contribution < 1.29 is 5.11 Å². The van der Waals surface area contributed by atoms with Crippen molar-refractivity contribution in [2.75, 3.05) is 0 Å². The molecule has 3 rings (SSSR count). The van der Waals surface area contributed by atoms with Crippen LogP contribution in [0.5, 0.6) is 0 Å². The number of aliphatic hydroxyl groups is 1. The molecule has 1 N–H and O–H groups in total. The van der Waals surface area contributed by atoms with E-state index >= 15 is 0 Å².